The van der Waals surface area contributed by atoms with Crippen molar-refractivity contribution in [1.29, 1.82) is 0 Å². The highest BCUT2D eigenvalue weighted by Gasteiger charge is 2.75. The van der Waals surface area contributed by atoms with Gasteiger partial charge in [-0.1, -0.05) is 30.5 Å². The zero-order valence-corrected chi connectivity index (χ0v) is 36.7. The number of hydrogen-bond acceptors (Lipinski definition) is 8. The number of nitrogens with zero attached hydrogens (tertiary/aromatic N) is 5. The number of benzene rings is 2. The molecule has 2 aliphatic rings. The average molecular weight is 982 g/mol. The molecule has 2 aliphatic carbocycles. The Morgan fingerprint density at radius 3 is 2.17 bits per heavy atom. The summed E-state index contributed by atoms with van der Waals surface area (Å²) in [4.78, 5) is 18.6. The standard InChI is InChI=1S/C40H34ClF10N7O5S2/c1-36(2,64(4,60)61)11-10-22-6-7-23(24-8-9-25(41)29-32(24)58(18-38(44,45)46)55-35(29)56-65(5,62)63)31(52-22)26(14-19-12-20(42)15-21(43)13-19)53-28(59)17-57-34-30(33(54-57)40(49,50)51)37(3)16-27(37)39(34,47)48/h6-9,12-13,15,26-27H,14,16-18H2,1-5H3,(H,53,59)(H,55,56)/t26-,27+,37+/m0/s1. The number of nitrogens with one attached hydrogen (secondary N) is 2. The van der Waals surface area contributed by atoms with Crippen LogP contribution in [0.5, 0.6) is 0 Å². The fourth-order valence-corrected chi connectivity index (χ4v) is 8.89. The molecule has 25 heteroatoms. The van der Waals surface area contributed by atoms with Gasteiger partial charge in [0.25, 0.3) is 5.92 Å². The van der Waals surface area contributed by atoms with Crippen molar-refractivity contribution < 1.29 is 65.5 Å². The quantitative estimate of drug-likeness (QED) is 0.100. The van der Waals surface area contributed by atoms with Crippen LogP contribution in [0.2, 0.25) is 5.02 Å². The molecule has 0 aliphatic heterocycles. The maximum absolute atomic E-state index is 15.7. The van der Waals surface area contributed by atoms with Gasteiger partial charge in [-0.05, 0) is 68.5 Å². The van der Waals surface area contributed by atoms with Crippen LogP contribution < -0.4 is 10.0 Å². The molecule has 2 aromatic carbocycles. The van der Waals surface area contributed by atoms with Crippen LogP contribution in [0, 0.1) is 29.4 Å². The summed E-state index contributed by atoms with van der Waals surface area (Å²) < 4.78 is 197. The van der Waals surface area contributed by atoms with E-state index in [9.17, 15) is 56.8 Å². The summed E-state index contributed by atoms with van der Waals surface area (Å²) >= 11 is 6.46. The normalized spacial score (nSPS) is 18.7. The molecule has 0 bridgehead atoms. The molecular weight excluding hydrogens is 948 g/mol. The summed E-state index contributed by atoms with van der Waals surface area (Å²) in [5.74, 6) is -4.36. The number of halogens is 11. The largest absolute Gasteiger partial charge is 0.435 e. The minimum absolute atomic E-state index is 0.197. The first-order chi connectivity index (χ1) is 29.7. The number of hydrogen-bond donors (Lipinski definition) is 2. The molecule has 3 atom stereocenters. The SMILES string of the molecule is CC(C)(C#Cc1ccc(-c2ccc(Cl)c3c(NS(C)(=O)=O)nn(CC(F)(F)F)c23)c([C@H](Cc2cc(F)cc(F)c2)NC(=O)Cn2nc(C(F)(F)F)c3c2C(F)(F)[C@@H]2C[C@@]32C)n1)S(C)(=O)=O. The van der Waals surface area contributed by atoms with Crippen molar-refractivity contribution >= 4 is 54.1 Å². The number of carbonyl (C=O) groups excluding carboxylic acids is 1. The van der Waals surface area contributed by atoms with Crippen molar-refractivity contribution in [2.45, 2.75) is 81.2 Å². The number of rotatable bonds is 11. The molecule has 65 heavy (non-hydrogen) atoms. The first-order valence-electron chi connectivity index (χ1n) is 19.0. The molecule has 1 amide bonds. The van der Waals surface area contributed by atoms with Crippen LogP contribution in [0.3, 0.4) is 0 Å². The van der Waals surface area contributed by atoms with E-state index in [1.54, 1.807) is 0 Å². The van der Waals surface area contributed by atoms with Crippen LogP contribution in [-0.4, -0.2) is 70.7 Å². The predicted octanol–water partition coefficient (Wildman–Crippen LogP) is 7.84. The van der Waals surface area contributed by atoms with E-state index in [0.717, 1.165) is 24.5 Å². The van der Waals surface area contributed by atoms with Crippen LogP contribution >= 0.6 is 11.6 Å². The van der Waals surface area contributed by atoms with Crippen molar-refractivity contribution in [3.63, 3.8) is 0 Å². The Balaban J connectivity index is 1.46. The second-order valence-electron chi connectivity index (χ2n) is 16.6. The number of sulfonamides is 1. The molecule has 2 N–H and O–H groups in total. The number of aromatic nitrogens is 5. The summed E-state index contributed by atoms with van der Waals surface area (Å²) in [5.41, 5.74) is -6.81. The highest BCUT2D eigenvalue weighted by molar-refractivity contribution is 7.92. The second-order valence-corrected chi connectivity index (χ2v) is 21.3. The van der Waals surface area contributed by atoms with E-state index in [4.69, 9.17) is 11.6 Å². The molecule has 0 radical (unpaired) electrons. The Labute approximate surface area is 368 Å². The van der Waals surface area contributed by atoms with Gasteiger partial charge in [-0.15, -0.1) is 0 Å². The first-order valence-corrected chi connectivity index (χ1v) is 23.1. The maximum atomic E-state index is 15.7. The lowest BCUT2D eigenvalue weighted by atomic mass is 9.93. The molecule has 0 spiro atoms. The lowest BCUT2D eigenvalue weighted by molar-refractivity contribution is -0.143. The first kappa shape index (κ1) is 47.5. The Morgan fingerprint density at radius 2 is 1.58 bits per heavy atom. The lowest BCUT2D eigenvalue weighted by Crippen LogP contribution is -2.35. The maximum Gasteiger partial charge on any atom is 0.435 e. The monoisotopic (exact) mass is 981 g/mol. The van der Waals surface area contributed by atoms with Crippen LogP contribution in [0.25, 0.3) is 22.0 Å². The third-order valence-electron chi connectivity index (χ3n) is 11.2. The number of pyridine rings is 1. The summed E-state index contributed by atoms with van der Waals surface area (Å²) in [6, 6.07) is 5.24. The fourth-order valence-electron chi connectivity index (χ4n) is 7.92. The van der Waals surface area contributed by atoms with Crippen LogP contribution in [0.15, 0.2) is 42.5 Å². The van der Waals surface area contributed by atoms with Gasteiger partial charge in [-0.2, -0.15) is 45.3 Å². The Kier molecular flexibility index (Phi) is 11.4. The van der Waals surface area contributed by atoms with Gasteiger partial charge in [0.1, 0.15) is 40.9 Å². The summed E-state index contributed by atoms with van der Waals surface area (Å²) in [6.45, 7) is 0.665. The zero-order valence-electron chi connectivity index (χ0n) is 34.3. The Bertz CT molecular complexity index is 3080. The van der Waals surface area contributed by atoms with Crippen molar-refractivity contribution in [3.05, 3.63) is 93.0 Å². The molecule has 0 unspecified atom stereocenters. The van der Waals surface area contributed by atoms with Crippen LogP contribution in [0.1, 0.15) is 67.1 Å². The third-order valence-corrected chi connectivity index (χ3v) is 14.0. The number of anilines is 1. The topological polar surface area (TPSA) is 158 Å². The number of amides is 1. The van der Waals surface area contributed by atoms with Crippen molar-refractivity contribution in [2.24, 2.45) is 5.92 Å². The number of carbonyl (C=O) groups is 1. The van der Waals surface area contributed by atoms with E-state index < -0.39 is 126 Å². The summed E-state index contributed by atoms with van der Waals surface area (Å²) in [7, 11) is -8.07. The summed E-state index contributed by atoms with van der Waals surface area (Å²) in [5, 5.41) is 9.07. The predicted molar refractivity (Wildman–Crippen MR) is 216 cm³/mol. The van der Waals surface area contributed by atoms with E-state index in [2.05, 4.69) is 32.3 Å². The Hall–Kier alpha value is -5.41. The molecule has 348 valence electrons. The van der Waals surface area contributed by atoms with Gasteiger partial charge in [0.05, 0.1) is 33.9 Å². The molecule has 3 heterocycles. The van der Waals surface area contributed by atoms with E-state index in [-0.39, 0.29) is 49.6 Å². The van der Waals surface area contributed by atoms with Gasteiger partial charge in [0, 0.05) is 40.3 Å². The molecule has 1 saturated carbocycles. The average Bonchev–Trinajstić information content (AvgIpc) is 3.42. The van der Waals surface area contributed by atoms with Gasteiger partial charge < -0.3 is 5.32 Å². The minimum atomic E-state index is -5.21. The van der Waals surface area contributed by atoms with Crippen molar-refractivity contribution in [3.8, 4) is 23.0 Å². The van der Waals surface area contributed by atoms with E-state index in [0.29, 0.717) is 17.0 Å². The lowest BCUT2D eigenvalue weighted by Gasteiger charge is -2.23. The third kappa shape index (κ3) is 9.23. The number of fused-ring (bicyclic) bond motifs is 4. The highest BCUT2D eigenvalue weighted by atomic mass is 35.5. The smallest absolute Gasteiger partial charge is 0.346 e. The second kappa shape index (κ2) is 15.6. The molecule has 0 saturated heterocycles. The Morgan fingerprint density at radius 1 is 0.954 bits per heavy atom. The molecule has 5 aromatic rings. The van der Waals surface area contributed by atoms with Gasteiger partial charge >= 0.3 is 12.4 Å². The molecule has 3 aromatic heterocycles. The van der Waals surface area contributed by atoms with Gasteiger partial charge in [0.2, 0.25) is 15.9 Å². The molecule has 12 nitrogen and oxygen atoms in total. The zero-order chi connectivity index (χ0) is 48.2. The van der Waals surface area contributed by atoms with Crippen LogP contribution in [-0.2, 0) is 61.7 Å². The number of sulfone groups is 1. The molecule has 7 rings (SSSR count). The van der Waals surface area contributed by atoms with Crippen molar-refractivity contribution in [1.82, 2.24) is 29.9 Å². The van der Waals surface area contributed by atoms with Crippen molar-refractivity contribution in [2.75, 3.05) is 17.2 Å². The van der Waals surface area contributed by atoms with E-state index in [1.807, 2.05) is 4.72 Å². The molecule has 1 fully saturated rings. The minimum Gasteiger partial charge on any atom is -0.346 e. The fraction of sp³-hybridized carbons (Fsp3) is 0.400. The van der Waals surface area contributed by atoms with E-state index in [1.165, 1.54) is 39.0 Å². The summed E-state index contributed by atoms with van der Waals surface area (Å²) in [6.07, 6.45) is -9.52. The molecular formula is C40H34ClF10N7O5S2. The van der Waals surface area contributed by atoms with Crippen LogP contribution in [0.4, 0.5) is 49.7 Å². The number of alkyl halides is 8. The van der Waals surface area contributed by atoms with E-state index >= 15 is 8.78 Å². The van der Waals surface area contributed by atoms with Gasteiger partial charge in [-0.25, -0.2) is 30.6 Å². The van der Waals surface area contributed by atoms with Gasteiger partial charge in [0.15, 0.2) is 21.3 Å². The van der Waals surface area contributed by atoms with Gasteiger partial charge in [-0.3, -0.25) is 18.9 Å². The highest BCUT2D eigenvalue weighted by Crippen LogP contribution is 2.72.